The number of nitrogens with one attached hydrogen (secondary N) is 1. The molecule has 0 amide bonds. The molecule has 1 unspecified atom stereocenters. The van der Waals surface area contributed by atoms with Crippen LogP contribution in [0.1, 0.15) is 32.3 Å². The van der Waals surface area contributed by atoms with Crippen LogP contribution in [0.2, 0.25) is 0 Å². The van der Waals surface area contributed by atoms with Crippen molar-refractivity contribution in [3.05, 3.63) is 72.4 Å². The van der Waals surface area contributed by atoms with Crippen LogP contribution in [-0.2, 0) is 6.54 Å². The van der Waals surface area contributed by atoms with E-state index in [0.29, 0.717) is 11.5 Å². The van der Waals surface area contributed by atoms with Gasteiger partial charge in [0.25, 0.3) is 0 Å². The zero-order valence-electron chi connectivity index (χ0n) is 19.2. The fraction of sp³-hybridized carbons (Fsp3) is 0.370. The van der Waals surface area contributed by atoms with E-state index in [1.165, 1.54) is 19.4 Å². The minimum atomic E-state index is 0.315. The monoisotopic (exact) mass is 428 g/mol. The number of nitrogens with zero attached hydrogens (tertiary/aromatic N) is 3. The zero-order valence-corrected chi connectivity index (χ0v) is 19.2. The number of rotatable bonds is 6. The third-order valence-corrected chi connectivity index (χ3v) is 6.89. The summed E-state index contributed by atoms with van der Waals surface area (Å²) < 4.78 is 8.13. The molecule has 5 heteroatoms. The third-order valence-electron chi connectivity index (χ3n) is 6.89. The Kier molecular flexibility index (Phi) is 5.62. The Balaban J connectivity index is 1.43. The molecule has 1 fully saturated rings. The first kappa shape index (κ1) is 21.0. The molecule has 2 aromatic carbocycles. The highest BCUT2D eigenvalue weighted by molar-refractivity contribution is 5.82. The number of benzene rings is 2. The summed E-state index contributed by atoms with van der Waals surface area (Å²) in [5.41, 5.74) is 4.29. The normalized spacial score (nSPS) is 18.9. The largest absolute Gasteiger partial charge is 0.454 e. The molecule has 3 heterocycles. The van der Waals surface area contributed by atoms with E-state index >= 15 is 0 Å². The number of fused-ring (bicyclic) bond motifs is 1. The minimum absolute atomic E-state index is 0.315. The predicted octanol–water partition coefficient (Wildman–Crippen LogP) is 5.50. The Hall–Kier alpha value is -2.89. The number of piperidine rings is 1. The molecule has 1 aliphatic rings. The van der Waals surface area contributed by atoms with E-state index in [4.69, 9.17) is 9.52 Å². The number of furan rings is 1. The fourth-order valence-corrected chi connectivity index (χ4v) is 5.04. The Morgan fingerprint density at radius 2 is 1.88 bits per heavy atom. The van der Waals surface area contributed by atoms with Gasteiger partial charge in [-0.1, -0.05) is 50.2 Å². The van der Waals surface area contributed by atoms with Crippen molar-refractivity contribution in [1.29, 1.82) is 0 Å². The average molecular weight is 429 g/mol. The molecule has 32 heavy (non-hydrogen) atoms. The molecule has 5 rings (SSSR count). The molecule has 0 aliphatic carbocycles. The molecule has 0 bridgehead atoms. The van der Waals surface area contributed by atoms with Crippen LogP contribution in [0.4, 0.5) is 0 Å². The first-order valence-electron chi connectivity index (χ1n) is 11.6. The molecule has 2 aromatic heterocycles. The van der Waals surface area contributed by atoms with Gasteiger partial charge in [-0.3, -0.25) is 0 Å². The summed E-state index contributed by atoms with van der Waals surface area (Å²) in [6.45, 7) is 7.66. The first-order valence-corrected chi connectivity index (χ1v) is 11.6. The molecular weight excluding hydrogens is 396 g/mol. The van der Waals surface area contributed by atoms with Gasteiger partial charge in [-0.25, -0.2) is 4.68 Å². The molecule has 0 saturated carbocycles. The second-order valence-corrected chi connectivity index (χ2v) is 9.65. The Bertz CT molecular complexity index is 1160. The van der Waals surface area contributed by atoms with Gasteiger partial charge in [-0.05, 0) is 56.1 Å². The number of likely N-dealkylation sites (N-methyl/N-ethyl adjacent to an activating group) is 1. The maximum Gasteiger partial charge on any atom is 0.156 e. The molecule has 4 aromatic rings. The molecular formula is C27H32N4O. The molecule has 166 valence electrons. The SMILES string of the molecule is CN1CCCC(C)(C)C1CNCc1cn(-c2ccccc2)nc1-c1cc2ccccc2o1. The van der Waals surface area contributed by atoms with Gasteiger partial charge in [0.05, 0.1) is 5.69 Å². The van der Waals surface area contributed by atoms with Crippen LogP contribution in [0.3, 0.4) is 0 Å². The van der Waals surface area contributed by atoms with Gasteiger partial charge in [-0.2, -0.15) is 5.10 Å². The van der Waals surface area contributed by atoms with E-state index in [2.05, 4.69) is 61.6 Å². The van der Waals surface area contributed by atoms with Crippen molar-refractivity contribution in [2.75, 3.05) is 20.1 Å². The highest BCUT2D eigenvalue weighted by Crippen LogP contribution is 2.34. The average Bonchev–Trinajstić information content (AvgIpc) is 3.40. The third kappa shape index (κ3) is 4.10. The lowest BCUT2D eigenvalue weighted by Gasteiger charge is -2.45. The molecule has 1 aliphatic heterocycles. The van der Waals surface area contributed by atoms with E-state index < -0.39 is 0 Å². The van der Waals surface area contributed by atoms with Crippen LogP contribution in [0.25, 0.3) is 28.1 Å². The van der Waals surface area contributed by atoms with E-state index in [-0.39, 0.29) is 0 Å². The maximum absolute atomic E-state index is 6.18. The molecule has 1 N–H and O–H groups in total. The molecule has 1 atom stereocenters. The Labute approximate surface area is 190 Å². The van der Waals surface area contributed by atoms with Crippen molar-refractivity contribution in [2.45, 2.75) is 39.3 Å². The Morgan fingerprint density at radius 1 is 1.09 bits per heavy atom. The van der Waals surface area contributed by atoms with Gasteiger partial charge in [-0.15, -0.1) is 0 Å². The topological polar surface area (TPSA) is 46.2 Å². The summed E-state index contributed by atoms with van der Waals surface area (Å²) in [5, 5.41) is 9.76. The van der Waals surface area contributed by atoms with Gasteiger partial charge in [0.2, 0.25) is 0 Å². The number of likely N-dealkylation sites (tertiary alicyclic amines) is 1. The van der Waals surface area contributed by atoms with Gasteiger partial charge in [0.15, 0.2) is 5.76 Å². The minimum Gasteiger partial charge on any atom is -0.454 e. The lowest BCUT2D eigenvalue weighted by atomic mass is 9.76. The molecule has 5 nitrogen and oxygen atoms in total. The van der Waals surface area contributed by atoms with Crippen molar-refractivity contribution in [1.82, 2.24) is 20.0 Å². The zero-order chi connectivity index (χ0) is 22.1. The van der Waals surface area contributed by atoms with Crippen molar-refractivity contribution < 1.29 is 4.42 Å². The van der Waals surface area contributed by atoms with Crippen LogP contribution in [0, 0.1) is 5.41 Å². The van der Waals surface area contributed by atoms with E-state index in [0.717, 1.165) is 46.8 Å². The van der Waals surface area contributed by atoms with Crippen molar-refractivity contribution in [2.24, 2.45) is 5.41 Å². The summed E-state index contributed by atoms with van der Waals surface area (Å²) in [6, 6.07) is 21.0. The van der Waals surface area contributed by atoms with Crippen LogP contribution >= 0.6 is 0 Å². The summed E-state index contributed by atoms with van der Waals surface area (Å²) >= 11 is 0. The van der Waals surface area contributed by atoms with Crippen LogP contribution < -0.4 is 5.32 Å². The lowest BCUT2D eigenvalue weighted by molar-refractivity contribution is 0.0580. The van der Waals surface area contributed by atoms with E-state index in [1.807, 2.05) is 41.1 Å². The smallest absolute Gasteiger partial charge is 0.156 e. The number of aromatic nitrogens is 2. The number of para-hydroxylation sites is 2. The molecule has 0 spiro atoms. The summed E-state index contributed by atoms with van der Waals surface area (Å²) in [6.07, 6.45) is 4.68. The second kappa shape index (κ2) is 8.57. The van der Waals surface area contributed by atoms with E-state index in [9.17, 15) is 0 Å². The molecule has 1 saturated heterocycles. The van der Waals surface area contributed by atoms with Gasteiger partial charge in [0.1, 0.15) is 11.3 Å². The van der Waals surface area contributed by atoms with Crippen LogP contribution in [-0.4, -0.2) is 40.9 Å². The quantitative estimate of drug-likeness (QED) is 0.441. The molecule has 0 radical (unpaired) electrons. The summed E-state index contributed by atoms with van der Waals surface area (Å²) in [5.74, 6) is 0.813. The van der Waals surface area contributed by atoms with Crippen molar-refractivity contribution in [3.63, 3.8) is 0 Å². The fourth-order valence-electron chi connectivity index (χ4n) is 5.04. The highest BCUT2D eigenvalue weighted by Gasteiger charge is 2.35. The van der Waals surface area contributed by atoms with Crippen molar-refractivity contribution >= 4 is 11.0 Å². The van der Waals surface area contributed by atoms with E-state index in [1.54, 1.807) is 0 Å². The highest BCUT2D eigenvalue weighted by atomic mass is 16.3. The maximum atomic E-state index is 6.18. The van der Waals surface area contributed by atoms with Gasteiger partial charge < -0.3 is 14.6 Å². The number of hydrogen-bond acceptors (Lipinski definition) is 4. The Morgan fingerprint density at radius 3 is 2.66 bits per heavy atom. The lowest BCUT2D eigenvalue weighted by Crippen LogP contribution is -2.52. The summed E-state index contributed by atoms with van der Waals surface area (Å²) in [7, 11) is 2.25. The van der Waals surface area contributed by atoms with Crippen LogP contribution in [0.15, 0.2) is 71.3 Å². The second-order valence-electron chi connectivity index (χ2n) is 9.65. The first-order chi connectivity index (χ1) is 15.5. The predicted molar refractivity (Wildman–Crippen MR) is 130 cm³/mol. The van der Waals surface area contributed by atoms with Crippen molar-refractivity contribution in [3.8, 4) is 17.1 Å². The summed E-state index contributed by atoms with van der Waals surface area (Å²) in [4.78, 5) is 2.50. The van der Waals surface area contributed by atoms with Crippen LogP contribution in [0.5, 0.6) is 0 Å². The standard InChI is InChI=1S/C27H32N4O/c1-27(2)14-9-15-30(3)25(27)18-28-17-21-19-31(22-11-5-4-6-12-22)29-26(21)24-16-20-10-7-8-13-23(20)32-24/h4-8,10-13,16,19,25,28H,9,14-15,17-18H2,1-3H3. The number of hydrogen-bond donors (Lipinski definition) is 1. The van der Waals surface area contributed by atoms with Gasteiger partial charge in [0, 0.05) is 36.3 Å². The van der Waals surface area contributed by atoms with Gasteiger partial charge >= 0.3 is 0 Å².